The second-order valence-electron chi connectivity index (χ2n) is 28.1. The molecule has 0 aliphatic rings. The van der Waals surface area contributed by atoms with E-state index in [4.69, 9.17) is 37.0 Å². The number of carbonyl (C=O) groups excluding carboxylic acids is 4. The summed E-state index contributed by atoms with van der Waals surface area (Å²) < 4.78 is 68.7. The summed E-state index contributed by atoms with van der Waals surface area (Å²) in [5, 5.41) is 10.6. The zero-order valence-electron chi connectivity index (χ0n) is 65.3. The Morgan fingerprint density at radius 1 is 0.275 bits per heavy atom. The molecule has 0 amide bonds. The molecular weight excluding hydrogens is 1330 g/mol. The van der Waals surface area contributed by atoms with Gasteiger partial charge in [-0.1, -0.05) is 332 Å². The zero-order chi connectivity index (χ0) is 74.6. The van der Waals surface area contributed by atoms with Gasteiger partial charge in [-0.3, -0.25) is 37.3 Å². The summed E-state index contributed by atoms with van der Waals surface area (Å²) in [7, 11) is -9.95. The smallest absolute Gasteiger partial charge is 0.462 e. The van der Waals surface area contributed by atoms with Crippen LogP contribution in [0.1, 0.15) is 387 Å². The summed E-state index contributed by atoms with van der Waals surface area (Å²) in [6, 6.07) is 0. The van der Waals surface area contributed by atoms with E-state index in [1.165, 1.54) is 154 Å². The van der Waals surface area contributed by atoms with Crippen molar-refractivity contribution >= 4 is 39.5 Å². The Hall–Kier alpha value is -3.24. The minimum Gasteiger partial charge on any atom is -0.462 e. The van der Waals surface area contributed by atoms with Crippen LogP contribution in [0.2, 0.25) is 0 Å². The first-order valence-electron chi connectivity index (χ1n) is 41.5. The third-order valence-electron chi connectivity index (χ3n) is 18.0. The Bertz CT molecular complexity index is 2170. The lowest BCUT2D eigenvalue weighted by Crippen LogP contribution is -2.30. The molecule has 0 aliphatic heterocycles. The van der Waals surface area contributed by atoms with Crippen LogP contribution in [0.25, 0.3) is 0 Å². The third-order valence-corrected chi connectivity index (χ3v) is 19.9. The van der Waals surface area contributed by atoms with E-state index in [-0.39, 0.29) is 25.7 Å². The Kier molecular flexibility index (Phi) is 73.6. The van der Waals surface area contributed by atoms with Crippen LogP contribution in [0.3, 0.4) is 0 Å². The zero-order valence-corrected chi connectivity index (χ0v) is 67.1. The predicted molar refractivity (Wildman–Crippen MR) is 418 cm³/mol. The van der Waals surface area contributed by atoms with Gasteiger partial charge in [-0.05, 0) is 89.9 Å². The van der Waals surface area contributed by atoms with E-state index < -0.39 is 97.5 Å². The normalized spacial score (nSPS) is 14.1. The maximum Gasteiger partial charge on any atom is 0.472 e. The molecule has 596 valence electrons. The maximum atomic E-state index is 13.1. The van der Waals surface area contributed by atoms with E-state index in [9.17, 15) is 43.2 Å². The molecule has 0 bridgehead atoms. The van der Waals surface area contributed by atoms with Crippen LogP contribution < -0.4 is 0 Å². The first-order chi connectivity index (χ1) is 49.7. The summed E-state index contributed by atoms with van der Waals surface area (Å²) in [5.41, 5.74) is 0. The number of rotatable bonds is 79. The van der Waals surface area contributed by atoms with Gasteiger partial charge in [0, 0.05) is 25.7 Å². The second kappa shape index (κ2) is 76.0. The fourth-order valence-corrected chi connectivity index (χ4v) is 13.2. The number of carbonyl (C=O) groups is 4. The first-order valence-corrected chi connectivity index (χ1v) is 44.5. The number of allylic oxidation sites excluding steroid dienone is 10. The summed E-state index contributed by atoms with van der Waals surface area (Å²) in [4.78, 5) is 73.1. The number of aliphatic hydroxyl groups excluding tert-OH is 1. The lowest BCUT2D eigenvalue weighted by molar-refractivity contribution is -0.161. The second-order valence-corrected chi connectivity index (χ2v) is 31.0. The minimum absolute atomic E-state index is 0.0792. The molecular formula is C83H152O17P2. The van der Waals surface area contributed by atoms with E-state index in [1.54, 1.807) is 0 Å². The maximum absolute atomic E-state index is 13.1. The molecule has 102 heavy (non-hydrogen) atoms. The van der Waals surface area contributed by atoms with Crippen molar-refractivity contribution in [1.82, 2.24) is 0 Å². The number of phosphoric ester groups is 2. The summed E-state index contributed by atoms with van der Waals surface area (Å²) in [5.74, 6) is -2.16. The highest BCUT2D eigenvalue weighted by Gasteiger charge is 2.30. The van der Waals surface area contributed by atoms with Crippen molar-refractivity contribution in [2.45, 2.75) is 406 Å². The summed E-state index contributed by atoms with van der Waals surface area (Å²) in [6.07, 6.45) is 76.1. The minimum atomic E-state index is -4.98. The van der Waals surface area contributed by atoms with Crippen LogP contribution in [0.15, 0.2) is 60.8 Å². The molecule has 0 heterocycles. The van der Waals surface area contributed by atoms with E-state index in [0.29, 0.717) is 25.7 Å². The van der Waals surface area contributed by atoms with Gasteiger partial charge in [0.15, 0.2) is 12.2 Å². The van der Waals surface area contributed by atoms with Gasteiger partial charge in [0.2, 0.25) is 0 Å². The van der Waals surface area contributed by atoms with Gasteiger partial charge < -0.3 is 33.8 Å². The Morgan fingerprint density at radius 3 is 0.794 bits per heavy atom. The van der Waals surface area contributed by atoms with Crippen molar-refractivity contribution in [1.29, 1.82) is 0 Å². The molecule has 3 N–H and O–H groups in total. The van der Waals surface area contributed by atoms with Gasteiger partial charge in [-0.25, -0.2) is 9.13 Å². The molecule has 0 saturated heterocycles. The van der Waals surface area contributed by atoms with E-state index in [1.807, 2.05) is 0 Å². The fraction of sp³-hybridized carbons (Fsp3) is 0.831. The highest BCUT2D eigenvalue weighted by atomic mass is 31.2. The van der Waals surface area contributed by atoms with Crippen molar-refractivity contribution in [3.63, 3.8) is 0 Å². The quantitative estimate of drug-likeness (QED) is 0.0169. The number of phosphoric acid groups is 2. The van der Waals surface area contributed by atoms with Crippen molar-refractivity contribution in [3.8, 4) is 0 Å². The molecule has 0 rings (SSSR count). The van der Waals surface area contributed by atoms with Gasteiger partial charge in [-0.15, -0.1) is 0 Å². The molecule has 17 nitrogen and oxygen atoms in total. The molecule has 0 aliphatic carbocycles. The average Bonchev–Trinajstić information content (AvgIpc) is 0.920. The van der Waals surface area contributed by atoms with Crippen molar-refractivity contribution in [2.24, 2.45) is 0 Å². The number of unbranched alkanes of at least 4 members (excludes halogenated alkanes) is 43. The van der Waals surface area contributed by atoms with E-state index in [2.05, 4.69) is 88.5 Å². The molecule has 0 aromatic rings. The fourth-order valence-electron chi connectivity index (χ4n) is 11.6. The molecule has 5 atom stereocenters. The lowest BCUT2D eigenvalue weighted by atomic mass is 10.0. The molecule has 0 aromatic heterocycles. The van der Waals surface area contributed by atoms with Crippen LogP contribution in [-0.2, 0) is 65.4 Å². The van der Waals surface area contributed by atoms with Crippen LogP contribution in [0, 0.1) is 0 Å². The van der Waals surface area contributed by atoms with Crippen LogP contribution in [0.5, 0.6) is 0 Å². The van der Waals surface area contributed by atoms with Gasteiger partial charge in [-0.2, -0.15) is 0 Å². The summed E-state index contributed by atoms with van der Waals surface area (Å²) >= 11 is 0. The Balaban J connectivity index is 5.31. The SMILES string of the molecule is CCC/C=C\C/C=C\CCCCCCCC(=O)OC(COC(=O)CCCCCCCC/C=C\C/C=C\C/C=C\CCCCC)COP(=O)(O)OCC(O)COP(=O)(O)OCC(COC(=O)CCCCCCCCCCCCCCCCC)OC(=O)CCCCCCCCCCCCCCCCC. The van der Waals surface area contributed by atoms with Gasteiger partial charge >= 0.3 is 39.5 Å². The number of hydrogen-bond acceptors (Lipinski definition) is 15. The standard InChI is InChI=1S/C83H152O17P2/c1-5-9-13-17-21-25-29-33-36-37-38-39-42-45-48-52-56-60-64-68-81(86)94-73-78(99-82(87)69-65-61-57-53-49-43-32-28-24-20-16-12-8-4)75-97-101(89,90)95-71-77(84)72-96-102(91,92)98-76-79(100-83(88)70-66-62-58-54-50-46-41-35-31-27-23-19-15-11-7-3)74-93-80(85)67-63-59-55-51-47-44-40-34-30-26-22-18-14-10-6-2/h16,20-21,25,28,32-33,36,38-39,77-79,84H,5-15,17-19,22-24,26-27,29-31,34-35,37,40-76H2,1-4H3,(H,89,90)(H,91,92)/b20-16-,25-21-,32-28-,36-33-,39-38-. The molecule has 5 unspecified atom stereocenters. The molecule has 0 radical (unpaired) electrons. The lowest BCUT2D eigenvalue weighted by Gasteiger charge is -2.21. The Labute approximate surface area is 622 Å². The van der Waals surface area contributed by atoms with Crippen LogP contribution in [0.4, 0.5) is 0 Å². The molecule has 0 spiro atoms. The largest absolute Gasteiger partial charge is 0.472 e. The third kappa shape index (κ3) is 75.0. The molecule has 19 heteroatoms. The highest BCUT2D eigenvalue weighted by molar-refractivity contribution is 7.47. The van der Waals surface area contributed by atoms with Crippen LogP contribution >= 0.6 is 15.6 Å². The van der Waals surface area contributed by atoms with Gasteiger partial charge in [0.05, 0.1) is 26.4 Å². The first kappa shape index (κ1) is 98.8. The average molecular weight is 1480 g/mol. The van der Waals surface area contributed by atoms with Gasteiger partial charge in [0.1, 0.15) is 19.3 Å². The predicted octanol–water partition coefficient (Wildman–Crippen LogP) is 24.2. The molecule has 0 fully saturated rings. The Morgan fingerprint density at radius 2 is 0.500 bits per heavy atom. The van der Waals surface area contributed by atoms with E-state index in [0.717, 1.165) is 154 Å². The highest BCUT2D eigenvalue weighted by Crippen LogP contribution is 2.45. The van der Waals surface area contributed by atoms with E-state index >= 15 is 0 Å². The number of hydrogen-bond donors (Lipinski definition) is 3. The van der Waals surface area contributed by atoms with Gasteiger partial charge in [0.25, 0.3) is 0 Å². The number of esters is 4. The number of ether oxygens (including phenoxy) is 4. The topological polar surface area (TPSA) is 237 Å². The van der Waals surface area contributed by atoms with Crippen molar-refractivity contribution < 1.29 is 80.2 Å². The molecule has 0 aromatic carbocycles. The van der Waals surface area contributed by atoms with Crippen molar-refractivity contribution in [2.75, 3.05) is 39.6 Å². The monoisotopic (exact) mass is 1480 g/mol. The molecule has 0 saturated carbocycles. The van der Waals surface area contributed by atoms with Crippen LogP contribution in [-0.4, -0.2) is 96.7 Å². The summed E-state index contributed by atoms with van der Waals surface area (Å²) in [6.45, 7) is 4.85. The van der Waals surface area contributed by atoms with Crippen molar-refractivity contribution in [3.05, 3.63) is 60.8 Å². The number of aliphatic hydroxyl groups is 1.